The maximum atomic E-state index is 11.6. The van der Waals surface area contributed by atoms with Gasteiger partial charge in [0.25, 0.3) is 0 Å². The normalized spacial score (nSPS) is 16.6. The van der Waals surface area contributed by atoms with Gasteiger partial charge in [-0.15, -0.1) is 10.6 Å². The molecule has 114 valence electrons. The van der Waals surface area contributed by atoms with E-state index in [4.69, 9.17) is 0 Å². The van der Waals surface area contributed by atoms with Gasteiger partial charge in [-0.3, -0.25) is 10.2 Å². The van der Waals surface area contributed by atoms with Crippen LogP contribution >= 0.6 is 15.9 Å². The Kier molecular flexibility index (Phi) is 5.58. The first-order chi connectivity index (χ1) is 10.1. The summed E-state index contributed by atoms with van der Waals surface area (Å²) in [5.41, 5.74) is 9.27. The lowest BCUT2D eigenvalue weighted by Gasteiger charge is -2.23. The highest BCUT2D eigenvalue weighted by molar-refractivity contribution is 9.10. The van der Waals surface area contributed by atoms with Crippen LogP contribution in [0.25, 0.3) is 0 Å². The number of hydrazone groups is 1. The topological polar surface area (TPSA) is 85.8 Å². The summed E-state index contributed by atoms with van der Waals surface area (Å²) in [5, 5.41) is 13.6. The van der Waals surface area contributed by atoms with Crippen LogP contribution in [0.3, 0.4) is 0 Å². The van der Waals surface area contributed by atoms with Crippen molar-refractivity contribution in [3.63, 3.8) is 0 Å². The lowest BCUT2D eigenvalue weighted by molar-refractivity contribution is -0.143. The van der Waals surface area contributed by atoms with Gasteiger partial charge in [-0.05, 0) is 30.5 Å². The third kappa shape index (κ3) is 4.18. The SMILES string of the molecule is CCC[C@H](C(=O)O)[C@H](Cc1cccc(Br)c1)C1=NNNN1. The lowest BCUT2D eigenvalue weighted by atomic mass is 9.83. The second kappa shape index (κ2) is 7.42. The number of rotatable bonds is 7. The molecule has 7 heteroatoms. The van der Waals surface area contributed by atoms with Crippen LogP contribution in [-0.2, 0) is 11.2 Å². The number of hydrogen-bond donors (Lipinski definition) is 4. The molecule has 0 amide bonds. The maximum absolute atomic E-state index is 11.6. The van der Waals surface area contributed by atoms with E-state index in [0.717, 1.165) is 16.5 Å². The summed E-state index contributed by atoms with van der Waals surface area (Å²) in [6.07, 6.45) is 2.06. The second-order valence-corrected chi connectivity index (χ2v) is 5.95. The summed E-state index contributed by atoms with van der Waals surface area (Å²) in [7, 11) is 0. The van der Waals surface area contributed by atoms with E-state index in [9.17, 15) is 9.90 Å². The smallest absolute Gasteiger partial charge is 0.307 e. The van der Waals surface area contributed by atoms with Crippen LogP contribution in [0.1, 0.15) is 25.3 Å². The first kappa shape index (κ1) is 15.8. The minimum absolute atomic E-state index is 0.209. The van der Waals surface area contributed by atoms with Gasteiger partial charge in [-0.1, -0.05) is 41.4 Å². The van der Waals surface area contributed by atoms with E-state index < -0.39 is 11.9 Å². The summed E-state index contributed by atoms with van der Waals surface area (Å²) in [5.74, 6) is -0.828. The number of amidine groups is 1. The van der Waals surface area contributed by atoms with E-state index in [1.807, 2.05) is 31.2 Å². The number of nitrogens with zero attached hydrogens (tertiary/aromatic N) is 1. The molecule has 1 aromatic rings. The van der Waals surface area contributed by atoms with E-state index >= 15 is 0 Å². The molecular formula is C14H19BrN4O2. The van der Waals surface area contributed by atoms with Crippen LogP contribution in [0.2, 0.25) is 0 Å². The van der Waals surface area contributed by atoms with Gasteiger partial charge in [-0.2, -0.15) is 0 Å². The Morgan fingerprint density at radius 3 is 2.86 bits per heavy atom. The van der Waals surface area contributed by atoms with Crippen molar-refractivity contribution in [2.45, 2.75) is 26.2 Å². The molecular weight excluding hydrogens is 336 g/mol. The summed E-state index contributed by atoms with van der Waals surface area (Å²) in [6, 6.07) is 7.91. The molecule has 0 aromatic heterocycles. The van der Waals surface area contributed by atoms with Crippen molar-refractivity contribution < 1.29 is 9.90 Å². The van der Waals surface area contributed by atoms with Crippen LogP contribution < -0.4 is 16.5 Å². The standard InChI is InChI=1S/C14H19BrN4O2/c1-2-4-11(14(20)21)12(13-16-18-19-17-13)8-9-5-3-6-10(15)7-9/h3,5-7,11-12,18-19H,2,4,8H2,1H3,(H,16,17)(H,20,21)/t11-,12-/m0/s1. The van der Waals surface area contributed by atoms with Gasteiger partial charge < -0.3 is 5.11 Å². The molecule has 0 radical (unpaired) electrons. The van der Waals surface area contributed by atoms with Crippen molar-refractivity contribution in [3.05, 3.63) is 34.3 Å². The number of hydrazine groups is 2. The van der Waals surface area contributed by atoms with E-state index in [1.54, 1.807) is 0 Å². The molecule has 0 saturated heterocycles. The highest BCUT2D eigenvalue weighted by atomic mass is 79.9. The van der Waals surface area contributed by atoms with E-state index in [2.05, 4.69) is 37.5 Å². The van der Waals surface area contributed by atoms with Crippen molar-refractivity contribution in [1.82, 2.24) is 16.5 Å². The summed E-state index contributed by atoms with van der Waals surface area (Å²) in [4.78, 5) is 11.6. The molecule has 1 heterocycles. The number of benzene rings is 1. The molecule has 6 nitrogen and oxygen atoms in total. The van der Waals surface area contributed by atoms with E-state index in [1.165, 1.54) is 0 Å². The molecule has 4 N–H and O–H groups in total. The van der Waals surface area contributed by atoms with Crippen molar-refractivity contribution in [2.75, 3.05) is 0 Å². The first-order valence-electron chi connectivity index (χ1n) is 6.92. The predicted molar refractivity (Wildman–Crippen MR) is 84.2 cm³/mol. The Morgan fingerprint density at radius 1 is 1.48 bits per heavy atom. The summed E-state index contributed by atoms with van der Waals surface area (Å²) in [6.45, 7) is 1.99. The molecule has 0 saturated carbocycles. The van der Waals surface area contributed by atoms with E-state index in [0.29, 0.717) is 18.7 Å². The molecule has 0 aliphatic carbocycles. The monoisotopic (exact) mass is 354 g/mol. The lowest BCUT2D eigenvalue weighted by Crippen LogP contribution is -2.42. The molecule has 1 aliphatic rings. The Hall–Kier alpha value is -1.60. The fourth-order valence-corrected chi connectivity index (χ4v) is 2.99. The van der Waals surface area contributed by atoms with Gasteiger partial charge in [0.05, 0.1) is 5.92 Å². The van der Waals surface area contributed by atoms with Crippen LogP contribution in [0.4, 0.5) is 0 Å². The first-order valence-corrected chi connectivity index (χ1v) is 7.72. The van der Waals surface area contributed by atoms with Gasteiger partial charge in [0.1, 0.15) is 5.84 Å². The van der Waals surface area contributed by atoms with Gasteiger partial charge in [0, 0.05) is 10.4 Å². The number of carboxylic acid groups (broad SMARTS) is 1. The molecule has 1 aromatic carbocycles. The van der Waals surface area contributed by atoms with Gasteiger partial charge >= 0.3 is 5.97 Å². The zero-order valence-corrected chi connectivity index (χ0v) is 13.4. The molecule has 0 bridgehead atoms. The average Bonchev–Trinajstić information content (AvgIpc) is 2.96. The second-order valence-electron chi connectivity index (χ2n) is 5.03. The maximum Gasteiger partial charge on any atom is 0.307 e. The van der Waals surface area contributed by atoms with Crippen molar-refractivity contribution in [2.24, 2.45) is 16.9 Å². The molecule has 0 fully saturated rings. The van der Waals surface area contributed by atoms with Gasteiger partial charge in [-0.25, -0.2) is 5.53 Å². The molecule has 2 atom stereocenters. The number of carboxylic acids is 1. The number of halogens is 1. The highest BCUT2D eigenvalue weighted by Crippen LogP contribution is 2.25. The molecule has 21 heavy (non-hydrogen) atoms. The highest BCUT2D eigenvalue weighted by Gasteiger charge is 2.33. The Morgan fingerprint density at radius 2 is 2.29 bits per heavy atom. The van der Waals surface area contributed by atoms with Crippen molar-refractivity contribution in [3.8, 4) is 0 Å². The number of nitrogens with one attached hydrogen (secondary N) is 3. The Labute approximate surface area is 132 Å². The minimum Gasteiger partial charge on any atom is -0.481 e. The van der Waals surface area contributed by atoms with E-state index in [-0.39, 0.29) is 5.92 Å². The Bertz CT molecular complexity index is 535. The zero-order valence-electron chi connectivity index (χ0n) is 11.8. The molecule has 0 unspecified atom stereocenters. The van der Waals surface area contributed by atoms with Crippen molar-refractivity contribution >= 4 is 27.7 Å². The number of hydrogen-bond acceptors (Lipinski definition) is 5. The van der Waals surface area contributed by atoms with Crippen LogP contribution in [0.5, 0.6) is 0 Å². The van der Waals surface area contributed by atoms with Gasteiger partial charge in [0.15, 0.2) is 0 Å². The van der Waals surface area contributed by atoms with Crippen LogP contribution in [0, 0.1) is 11.8 Å². The summed E-state index contributed by atoms with van der Waals surface area (Å²) >= 11 is 3.45. The van der Waals surface area contributed by atoms with Crippen molar-refractivity contribution in [1.29, 1.82) is 0 Å². The quantitative estimate of drug-likeness (QED) is 0.602. The Balaban J connectivity index is 2.24. The number of aliphatic carboxylic acids is 1. The third-order valence-electron chi connectivity index (χ3n) is 3.52. The zero-order chi connectivity index (χ0) is 15.2. The van der Waals surface area contributed by atoms with Gasteiger partial charge in [0.2, 0.25) is 0 Å². The summed E-state index contributed by atoms with van der Waals surface area (Å²) < 4.78 is 0.985. The third-order valence-corrected chi connectivity index (χ3v) is 4.01. The largest absolute Gasteiger partial charge is 0.481 e. The fourth-order valence-electron chi connectivity index (χ4n) is 2.54. The van der Waals surface area contributed by atoms with Crippen LogP contribution in [-0.4, -0.2) is 16.9 Å². The number of carbonyl (C=O) groups is 1. The van der Waals surface area contributed by atoms with Crippen LogP contribution in [0.15, 0.2) is 33.8 Å². The minimum atomic E-state index is -0.784. The molecule has 0 spiro atoms. The molecule has 1 aliphatic heterocycles. The fraction of sp³-hybridized carbons (Fsp3) is 0.429. The average molecular weight is 355 g/mol. The predicted octanol–water partition coefficient (Wildman–Crippen LogP) is 2.03. The molecule has 2 rings (SSSR count).